The van der Waals surface area contributed by atoms with E-state index in [-0.39, 0.29) is 34.4 Å². The fraction of sp³-hybridized carbons (Fsp3) is 0.333. The Bertz CT molecular complexity index is 1410. The summed E-state index contributed by atoms with van der Waals surface area (Å²) >= 11 is 0. The van der Waals surface area contributed by atoms with Crippen LogP contribution >= 0.6 is 0 Å². The van der Waals surface area contributed by atoms with Gasteiger partial charge < -0.3 is 31.5 Å². The third-order valence-corrected chi connectivity index (χ3v) is 9.14. The predicted molar refractivity (Wildman–Crippen MR) is 155 cm³/mol. The topological polar surface area (TPSA) is 165 Å². The van der Waals surface area contributed by atoms with Gasteiger partial charge in [0.25, 0.3) is 0 Å². The first-order valence-electron chi connectivity index (χ1n) is 13.5. The highest BCUT2D eigenvalue weighted by Crippen LogP contribution is 2.20. The maximum Gasteiger partial charge on any atom is 0.318 e. The number of ketones is 1. The number of phenols is 1. The van der Waals surface area contributed by atoms with E-state index in [0.717, 1.165) is 11.1 Å². The Morgan fingerprint density at radius 3 is 2.17 bits per heavy atom. The SMILES string of the molecule is NC(CCc1ccccc1)C(N)S(=O)(=O)c1ccc(C(=O)[C@H](Cc2ccc(O)cc2)NC(=O)N2CCOCC2)cc1. The predicted octanol–water partition coefficient (Wildman–Crippen LogP) is 2.25. The molecule has 0 bridgehead atoms. The van der Waals surface area contributed by atoms with Crippen LogP contribution in [0.15, 0.2) is 83.8 Å². The van der Waals surface area contributed by atoms with Crippen molar-refractivity contribution in [1.29, 1.82) is 0 Å². The van der Waals surface area contributed by atoms with Crippen molar-refractivity contribution in [2.24, 2.45) is 11.5 Å². The molecule has 0 radical (unpaired) electrons. The molecule has 2 amide bonds. The van der Waals surface area contributed by atoms with E-state index in [1.54, 1.807) is 17.0 Å². The number of benzene rings is 3. The number of aryl methyl sites for hydroxylation is 1. The molecule has 6 N–H and O–H groups in total. The third kappa shape index (κ3) is 7.92. The van der Waals surface area contributed by atoms with Crippen LogP contribution in [0.2, 0.25) is 0 Å². The van der Waals surface area contributed by atoms with Crippen LogP contribution in [-0.4, -0.2) is 74.0 Å². The van der Waals surface area contributed by atoms with Crippen LogP contribution in [0.4, 0.5) is 4.79 Å². The number of sulfone groups is 1. The summed E-state index contributed by atoms with van der Waals surface area (Å²) in [5.41, 5.74) is 14.3. The minimum absolute atomic E-state index is 0.0378. The Balaban J connectivity index is 1.47. The number of phenolic OH excluding ortho intramolecular Hbond substituents is 1. The largest absolute Gasteiger partial charge is 0.508 e. The second-order valence-corrected chi connectivity index (χ2v) is 12.2. The Morgan fingerprint density at radius 1 is 0.902 bits per heavy atom. The van der Waals surface area contributed by atoms with Gasteiger partial charge in [-0.25, -0.2) is 13.2 Å². The Labute approximate surface area is 240 Å². The summed E-state index contributed by atoms with van der Waals surface area (Å²) in [4.78, 5) is 28.0. The molecule has 0 spiro atoms. The van der Waals surface area contributed by atoms with Crippen LogP contribution in [0.25, 0.3) is 0 Å². The van der Waals surface area contributed by atoms with Crippen molar-refractivity contribution in [2.75, 3.05) is 26.3 Å². The average Bonchev–Trinajstić information content (AvgIpc) is 3.00. The molecule has 4 rings (SSSR count). The molecular formula is C30H36N4O6S. The monoisotopic (exact) mass is 580 g/mol. The van der Waals surface area contributed by atoms with Gasteiger partial charge in [-0.2, -0.15) is 0 Å². The van der Waals surface area contributed by atoms with E-state index >= 15 is 0 Å². The van der Waals surface area contributed by atoms with Crippen molar-refractivity contribution in [2.45, 2.75) is 41.6 Å². The van der Waals surface area contributed by atoms with Crippen molar-refractivity contribution < 1.29 is 27.9 Å². The summed E-state index contributed by atoms with van der Waals surface area (Å²) in [5, 5.41) is 11.1. The highest BCUT2D eigenvalue weighted by atomic mass is 32.2. The number of carbonyl (C=O) groups excluding carboxylic acids is 2. The van der Waals surface area contributed by atoms with Gasteiger partial charge in [0.2, 0.25) is 0 Å². The van der Waals surface area contributed by atoms with Gasteiger partial charge in [0.05, 0.1) is 24.2 Å². The number of hydrogen-bond acceptors (Lipinski definition) is 8. The minimum Gasteiger partial charge on any atom is -0.508 e. The van der Waals surface area contributed by atoms with Gasteiger partial charge in [-0.1, -0.05) is 54.6 Å². The van der Waals surface area contributed by atoms with Crippen LogP contribution in [0, 0.1) is 0 Å². The zero-order valence-electron chi connectivity index (χ0n) is 22.7. The summed E-state index contributed by atoms with van der Waals surface area (Å²) in [6.07, 6.45) is 1.16. The number of amides is 2. The summed E-state index contributed by atoms with van der Waals surface area (Å²) in [6, 6.07) is 19.4. The van der Waals surface area contributed by atoms with Gasteiger partial charge in [-0.15, -0.1) is 0 Å². The minimum atomic E-state index is -3.96. The van der Waals surface area contributed by atoms with E-state index in [2.05, 4.69) is 5.32 Å². The van der Waals surface area contributed by atoms with Crippen molar-refractivity contribution in [1.82, 2.24) is 10.2 Å². The van der Waals surface area contributed by atoms with Crippen molar-refractivity contribution in [3.8, 4) is 5.75 Å². The molecule has 1 aliphatic heterocycles. The first-order valence-corrected chi connectivity index (χ1v) is 15.0. The van der Waals surface area contributed by atoms with Gasteiger partial charge >= 0.3 is 6.03 Å². The molecule has 3 aromatic rings. The number of hydrogen-bond donors (Lipinski definition) is 4. The number of ether oxygens (including phenoxy) is 1. The van der Waals surface area contributed by atoms with Crippen molar-refractivity contribution >= 4 is 21.7 Å². The van der Waals surface area contributed by atoms with Gasteiger partial charge in [0, 0.05) is 31.1 Å². The van der Waals surface area contributed by atoms with E-state index in [0.29, 0.717) is 39.1 Å². The number of urea groups is 1. The second kappa shape index (κ2) is 13.7. The maximum atomic E-state index is 13.6. The van der Waals surface area contributed by atoms with E-state index in [1.165, 1.54) is 36.4 Å². The number of aromatic hydroxyl groups is 1. The highest BCUT2D eigenvalue weighted by Gasteiger charge is 2.30. The first-order chi connectivity index (χ1) is 19.6. The molecular weight excluding hydrogens is 544 g/mol. The molecule has 1 fully saturated rings. The van der Waals surface area contributed by atoms with Crippen LogP contribution in [0.3, 0.4) is 0 Å². The summed E-state index contributed by atoms with van der Waals surface area (Å²) in [5.74, 6) is -0.295. The standard InChI is InChI=1S/C30H36N4O6S/c31-26(15-8-21-4-2-1-3-5-21)29(32)41(38,39)25-13-9-23(10-14-25)28(36)27(20-22-6-11-24(35)12-7-22)33-30(37)34-16-18-40-19-17-34/h1-7,9-14,26-27,29,35H,8,15-20,31-32H2,(H,33,37)/t26?,27-,29?/m0/s1. The molecule has 0 aromatic heterocycles. The van der Waals surface area contributed by atoms with Crippen LogP contribution in [0.5, 0.6) is 5.75 Å². The smallest absolute Gasteiger partial charge is 0.318 e. The van der Waals surface area contributed by atoms with Gasteiger partial charge in [0.15, 0.2) is 15.6 Å². The molecule has 1 heterocycles. The van der Waals surface area contributed by atoms with Crippen molar-refractivity contribution in [3.63, 3.8) is 0 Å². The van der Waals surface area contributed by atoms with Crippen molar-refractivity contribution in [3.05, 3.63) is 95.6 Å². The summed E-state index contributed by atoms with van der Waals surface area (Å²) < 4.78 is 31.7. The quantitative estimate of drug-likeness (QED) is 0.251. The van der Waals surface area contributed by atoms with E-state index in [1.807, 2.05) is 30.3 Å². The number of morpholine rings is 1. The zero-order valence-corrected chi connectivity index (χ0v) is 23.5. The Morgan fingerprint density at radius 2 is 1.54 bits per heavy atom. The lowest BCUT2D eigenvalue weighted by Gasteiger charge is -2.29. The van der Waals surface area contributed by atoms with Crippen LogP contribution in [0.1, 0.15) is 27.9 Å². The lowest BCUT2D eigenvalue weighted by Crippen LogP contribution is -2.51. The molecule has 0 aliphatic carbocycles. The number of nitrogens with one attached hydrogen (secondary N) is 1. The molecule has 41 heavy (non-hydrogen) atoms. The van der Waals surface area contributed by atoms with E-state index < -0.39 is 27.3 Å². The third-order valence-electron chi connectivity index (χ3n) is 7.15. The van der Waals surface area contributed by atoms with E-state index in [4.69, 9.17) is 16.2 Å². The molecule has 11 heteroatoms. The van der Waals surface area contributed by atoms with E-state index in [9.17, 15) is 23.1 Å². The van der Waals surface area contributed by atoms with Crippen LogP contribution in [-0.2, 0) is 27.4 Å². The van der Waals surface area contributed by atoms with Gasteiger partial charge in [0.1, 0.15) is 11.1 Å². The zero-order chi connectivity index (χ0) is 29.4. The first kappa shape index (κ1) is 30.2. The molecule has 1 aliphatic rings. The van der Waals surface area contributed by atoms with Gasteiger partial charge in [-0.3, -0.25) is 4.79 Å². The molecule has 0 saturated carbocycles. The molecule has 10 nitrogen and oxygen atoms in total. The number of rotatable bonds is 11. The number of nitrogens with two attached hydrogens (primary N) is 2. The number of nitrogens with zero attached hydrogens (tertiary/aromatic N) is 1. The molecule has 3 aromatic carbocycles. The fourth-order valence-corrected chi connectivity index (χ4v) is 6.05. The Kier molecular flexibility index (Phi) is 10.1. The lowest BCUT2D eigenvalue weighted by atomic mass is 9.97. The molecule has 3 atom stereocenters. The normalized spacial score (nSPS) is 16.0. The highest BCUT2D eigenvalue weighted by molar-refractivity contribution is 7.92. The number of carbonyl (C=O) groups is 2. The molecule has 2 unspecified atom stereocenters. The average molecular weight is 581 g/mol. The molecule has 1 saturated heterocycles. The maximum absolute atomic E-state index is 13.6. The molecule has 218 valence electrons. The summed E-state index contributed by atoms with van der Waals surface area (Å²) in [6.45, 7) is 1.65. The Hall–Kier alpha value is -3.77. The second-order valence-electron chi connectivity index (χ2n) is 10.1. The number of Topliss-reactive ketones (excluding diaryl/α,β-unsaturated/α-hetero) is 1. The lowest BCUT2D eigenvalue weighted by molar-refractivity contribution is 0.0522. The fourth-order valence-electron chi connectivity index (χ4n) is 4.62. The van der Waals surface area contributed by atoms with Crippen LogP contribution < -0.4 is 16.8 Å². The van der Waals surface area contributed by atoms with Gasteiger partial charge in [-0.05, 0) is 48.2 Å². The summed E-state index contributed by atoms with van der Waals surface area (Å²) in [7, 11) is -3.96.